The predicted octanol–water partition coefficient (Wildman–Crippen LogP) is 1.13. The van der Waals surface area contributed by atoms with Crippen LogP contribution in [0.15, 0.2) is 29.2 Å². The zero-order chi connectivity index (χ0) is 14.0. The van der Waals surface area contributed by atoms with Crippen LogP contribution in [0.4, 0.5) is 0 Å². The number of sulfonamides is 1. The van der Waals surface area contributed by atoms with Crippen LogP contribution in [0.2, 0.25) is 0 Å². The number of rotatable bonds is 5. The summed E-state index contributed by atoms with van der Waals surface area (Å²) in [6.07, 6.45) is -0.808. The standard InChI is InChI=1S/C12H19NO4S/c1-9(14)12(2,3)13-18(15,16)11-7-5-6-10(8-11)17-4/h5-9,13-14H,1-4H3. The van der Waals surface area contributed by atoms with Crippen LogP contribution in [0.3, 0.4) is 0 Å². The number of hydrogen-bond acceptors (Lipinski definition) is 4. The quantitative estimate of drug-likeness (QED) is 0.843. The van der Waals surface area contributed by atoms with E-state index in [-0.39, 0.29) is 4.90 Å². The molecule has 18 heavy (non-hydrogen) atoms. The van der Waals surface area contributed by atoms with Crippen LogP contribution in [-0.2, 0) is 10.0 Å². The first kappa shape index (κ1) is 14.9. The highest BCUT2D eigenvalue weighted by Crippen LogP contribution is 2.19. The molecular formula is C12H19NO4S. The molecule has 1 atom stereocenters. The van der Waals surface area contributed by atoms with Crippen LogP contribution in [0.25, 0.3) is 0 Å². The smallest absolute Gasteiger partial charge is 0.241 e. The average Bonchev–Trinajstić information content (AvgIpc) is 2.27. The van der Waals surface area contributed by atoms with Crippen LogP contribution in [0.5, 0.6) is 5.75 Å². The van der Waals surface area contributed by atoms with Crippen LogP contribution in [0.1, 0.15) is 20.8 Å². The van der Waals surface area contributed by atoms with Crippen molar-refractivity contribution in [1.82, 2.24) is 4.72 Å². The van der Waals surface area contributed by atoms with Crippen molar-refractivity contribution >= 4 is 10.0 Å². The van der Waals surface area contributed by atoms with E-state index in [0.29, 0.717) is 5.75 Å². The van der Waals surface area contributed by atoms with Gasteiger partial charge in [0.25, 0.3) is 0 Å². The Hall–Kier alpha value is -1.11. The zero-order valence-electron chi connectivity index (χ0n) is 11.0. The van der Waals surface area contributed by atoms with E-state index in [1.165, 1.54) is 26.2 Å². The summed E-state index contributed by atoms with van der Waals surface area (Å²) in [5.41, 5.74) is -0.943. The Morgan fingerprint density at radius 1 is 1.39 bits per heavy atom. The first-order valence-electron chi connectivity index (χ1n) is 5.55. The van der Waals surface area contributed by atoms with Crippen LogP contribution >= 0.6 is 0 Å². The number of ether oxygens (including phenoxy) is 1. The SMILES string of the molecule is COc1cccc(S(=O)(=O)NC(C)(C)C(C)O)c1. The van der Waals surface area contributed by atoms with E-state index in [1.807, 2.05) is 0 Å². The third-order valence-corrected chi connectivity index (χ3v) is 4.46. The molecule has 1 aromatic rings. The fourth-order valence-corrected chi connectivity index (χ4v) is 2.77. The molecular weight excluding hydrogens is 254 g/mol. The minimum Gasteiger partial charge on any atom is -0.497 e. The minimum absolute atomic E-state index is 0.107. The summed E-state index contributed by atoms with van der Waals surface area (Å²) >= 11 is 0. The number of benzene rings is 1. The van der Waals surface area contributed by atoms with Crippen molar-refractivity contribution in [2.24, 2.45) is 0 Å². The molecule has 0 aliphatic heterocycles. The summed E-state index contributed by atoms with van der Waals surface area (Å²) in [5, 5.41) is 9.54. The molecule has 0 aromatic heterocycles. The van der Waals surface area contributed by atoms with Gasteiger partial charge in [-0.2, -0.15) is 0 Å². The molecule has 0 saturated heterocycles. The van der Waals surface area contributed by atoms with Crippen molar-refractivity contribution in [3.05, 3.63) is 24.3 Å². The lowest BCUT2D eigenvalue weighted by atomic mass is 10.0. The Labute approximate surface area is 108 Å². The maximum absolute atomic E-state index is 12.1. The van der Waals surface area contributed by atoms with E-state index in [4.69, 9.17) is 4.74 Å². The monoisotopic (exact) mass is 273 g/mol. The van der Waals surface area contributed by atoms with E-state index in [0.717, 1.165) is 0 Å². The van der Waals surface area contributed by atoms with Crippen molar-refractivity contribution in [2.75, 3.05) is 7.11 Å². The molecule has 0 heterocycles. The van der Waals surface area contributed by atoms with Crippen molar-refractivity contribution in [3.63, 3.8) is 0 Å². The molecule has 2 N–H and O–H groups in total. The van der Waals surface area contributed by atoms with Crippen LogP contribution in [-0.4, -0.2) is 32.3 Å². The van der Waals surface area contributed by atoms with Crippen molar-refractivity contribution in [1.29, 1.82) is 0 Å². The molecule has 1 rings (SSSR count). The molecule has 0 bridgehead atoms. The third-order valence-electron chi connectivity index (χ3n) is 2.79. The summed E-state index contributed by atoms with van der Waals surface area (Å²) in [4.78, 5) is 0.107. The molecule has 0 saturated carbocycles. The van der Waals surface area contributed by atoms with Crippen molar-refractivity contribution < 1.29 is 18.3 Å². The zero-order valence-corrected chi connectivity index (χ0v) is 11.8. The Bertz CT molecular complexity index is 509. The highest BCUT2D eigenvalue weighted by molar-refractivity contribution is 7.89. The molecule has 0 radical (unpaired) electrons. The van der Waals surface area contributed by atoms with Gasteiger partial charge in [0.1, 0.15) is 5.75 Å². The normalized spacial score (nSPS) is 14.3. The Kier molecular flexibility index (Phi) is 4.37. The van der Waals surface area contributed by atoms with Gasteiger partial charge in [0.05, 0.1) is 23.6 Å². The molecule has 1 aromatic carbocycles. The van der Waals surface area contributed by atoms with Gasteiger partial charge in [0, 0.05) is 6.07 Å². The number of aliphatic hydroxyl groups excluding tert-OH is 1. The van der Waals surface area contributed by atoms with Gasteiger partial charge in [-0.25, -0.2) is 13.1 Å². The summed E-state index contributed by atoms with van der Waals surface area (Å²) < 4.78 is 31.7. The topological polar surface area (TPSA) is 75.6 Å². The molecule has 102 valence electrons. The van der Waals surface area contributed by atoms with E-state index in [2.05, 4.69) is 4.72 Å². The summed E-state index contributed by atoms with van der Waals surface area (Å²) in [5.74, 6) is 0.465. The molecule has 0 fully saturated rings. The van der Waals surface area contributed by atoms with Crippen LogP contribution < -0.4 is 9.46 Å². The van der Waals surface area contributed by atoms with Gasteiger partial charge < -0.3 is 9.84 Å². The molecule has 6 heteroatoms. The van der Waals surface area contributed by atoms with Gasteiger partial charge in [0.2, 0.25) is 10.0 Å². The molecule has 0 aliphatic rings. The van der Waals surface area contributed by atoms with E-state index in [1.54, 1.807) is 26.0 Å². The summed E-state index contributed by atoms with van der Waals surface area (Å²) in [7, 11) is -2.21. The Morgan fingerprint density at radius 3 is 2.50 bits per heavy atom. The van der Waals surface area contributed by atoms with Gasteiger partial charge in [-0.1, -0.05) is 6.07 Å². The highest BCUT2D eigenvalue weighted by atomic mass is 32.2. The lowest BCUT2D eigenvalue weighted by molar-refractivity contribution is 0.111. The second-order valence-electron chi connectivity index (χ2n) is 4.68. The summed E-state index contributed by atoms with van der Waals surface area (Å²) in [6, 6.07) is 6.17. The summed E-state index contributed by atoms with van der Waals surface area (Å²) in [6.45, 7) is 4.78. The van der Waals surface area contributed by atoms with E-state index in [9.17, 15) is 13.5 Å². The molecule has 0 amide bonds. The van der Waals surface area contributed by atoms with Crippen molar-refractivity contribution in [2.45, 2.75) is 37.3 Å². The molecule has 0 spiro atoms. The first-order chi connectivity index (χ1) is 8.19. The lowest BCUT2D eigenvalue weighted by Gasteiger charge is -2.28. The predicted molar refractivity (Wildman–Crippen MR) is 69.1 cm³/mol. The minimum atomic E-state index is -3.69. The van der Waals surface area contributed by atoms with Gasteiger partial charge in [-0.15, -0.1) is 0 Å². The average molecular weight is 273 g/mol. The van der Waals surface area contributed by atoms with Crippen molar-refractivity contribution in [3.8, 4) is 5.75 Å². The second-order valence-corrected chi connectivity index (χ2v) is 6.36. The first-order valence-corrected chi connectivity index (χ1v) is 7.03. The van der Waals surface area contributed by atoms with E-state index < -0.39 is 21.7 Å². The maximum Gasteiger partial charge on any atom is 0.241 e. The second kappa shape index (κ2) is 5.26. The molecule has 0 aliphatic carbocycles. The van der Waals surface area contributed by atoms with Crippen LogP contribution in [0, 0.1) is 0 Å². The maximum atomic E-state index is 12.1. The van der Waals surface area contributed by atoms with Gasteiger partial charge in [-0.05, 0) is 32.9 Å². The number of nitrogens with one attached hydrogen (secondary N) is 1. The van der Waals surface area contributed by atoms with Gasteiger partial charge in [0.15, 0.2) is 0 Å². The van der Waals surface area contributed by atoms with E-state index >= 15 is 0 Å². The number of methoxy groups -OCH3 is 1. The fraction of sp³-hybridized carbons (Fsp3) is 0.500. The lowest BCUT2D eigenvalue weighted by Crippen LogP contribution is -2.50. The molecule has 1 unspecified atom stereocenters. The Balaban J connectivity index is 3.07. The Morgan fingerprint density at radius 2 is 2.00 bits per heavy atom. The number of aliphatic hydroxyl groups is 1. The van der Waals surface area contributed by atoms with Gasteiger partial charge in [-0.3, -0.25) is 0 Å². The highest BCUT2D eigenvalue weighted by Gasteiger charge is 2.30. The largest absolute Gasteiger partial charge is 0.497 e. The fourth-order valence-electron chi connectivity index (χ4n) is 1.26. The third kappa shape index (κ3) is 3.44. The number of hydrogen-bond donors (Lipinski definition) is 2. The van der Waals surface area contributed by atoms with Gasteiger partial charge >= 0.3 is 0 Å². The molecule has 5 nitrogen and oxygen atoms in total.